The number of pyridine rings is 1. The number of furan rings is 1. The van der Waals surface area contributed by atoms with E-state index in [1.54, 1.807) is 36.7 Å². The Labute approximate surface area is 150 Å². The Morgan fingerprint density at radius 3 is 2.65 bits per heavy atom. The van der Waals surface area contributed by atoms with Gasteiger partial charge in [0.05, 0.1) is 12.8 Å². The third-order valence-electron chi connectivity index (χ3n) is 4.17. The summed E-state index contributed by atoms with van der Waals surface area (Å²) in [4.78, 5) is 10.5. The highest BCUT2D eigenvalue weighted by Gasteiger charge is 2.29. The predicted octanol–water partition coefficient (Wildman–Crippen LogP) is 1.23. The summed E-state index contributed by atoms with van der Waals surface area (Å²) >= 11 is 0. The van der Waals surface area contributed by atoms with Gasteiger partial charge in [-0.2, -0.15) is 9.29 Å². The molecule has 3 aromatic rings. The standard InChI is InChI=1S/C16H17N5O4S/c22-26(23,13-3-1-5-17-11-13)21-8-6-20(7-9-21)12-15-18-16(19-25-15)14-4-2-10-24-14/h1-5,10-11H,6-9,12H2. The smallest absolute Gasteiger partial charge is 0.244 e. The molecule has 0 bridgehead atoms. The number of rotatable bonds is 5. The summed E-state index contributed by atoms with van der Waals surface area (Å²) in [6.45, 7) is 2.43. The van der Waals surface area contributed by atoms with Gasteiger partial charge in [0.25, 0.3) is 0 Å². The minimum absolute atomic E-state index is 0.216. The summed E-state index contributed by atoms with van der Waals surface area (Å²) in [5, 5.41) is 3.90. The van der Waals surface area contributed by atoms with Crippen molar-refractivity contribution in [3.8, 4) is 11.6 Å². The highest BCUT2D eigenvalue weighted by atomic mass is 32.2. The monoisotopic (exact) mass is 375 g/mol. The van der Waals surface area contributed by atoms with Crippen LogP contribution < -0.4 is 0 Å². The van der Waals surface area contributed by atoms with Gasteiger partial charge in [-0.3, -0.25) is 9.88 Å². The van der Waals surface area contributed by atoms with E-state index in [-0.39, 0.29) is 4.90 Å². The Morgan fingerprint density at radius 2 is 1.96 bits per heavy atom. The Hall–Kier alpha value is -2.56. The van der Waals surface area contributed by atoms with Crippen molar-refractivity contribution in [1.82, 2.24) is 24.3 Å². The molecule has 4 heterocycles. The molecule has 0 saturated carbocycles. The van der Waals surface area contributed by atoms with Crippen molar-refractivity contribution in [2.45, 2.75) is 11.4 Å². The zero-order valence-electron chi connectivity index (χ0n) is 13.9. The van der Waals surface area contributed by atoms with E-state index in [1.807, 2.05) is 0 Å². The predicted molar refractivity (Wildman–Crippen MR) is 90.3 cm³/mol. The van der Waals surface area contributed by atoms with Crippen LogP contribution in [-0.4, -0.2) is 58.9 Å². The average Bonchev–Trinajstić information content (AvgIpc) is 3.34. The highest BCUT2D eigenvalue weighted by Crippen LogP contribution is 2.19. The molecule has 4 rings (SSSR count). The zero-order valence-corrected chi connectivity index (χ0v) is 14.7. The van der Waals surface area contributed by atoms with E-state index in [0.717, 1.165) is 0 Å². The summed E-state index contributed by atoms with van der Waals surface area (Å²) in [5.41, 5.74) is 0. The van der Waals surface area contributed by atoms with Gasteiger partial charge in [-0.05, 0) is 24.3 Å². The topological polar surface area (TPSA) is 106 Å². The maximum atomic E-state index is 12.6. The number of sulfonamides is 1. The molecule has 9 nitrogen and oxygen atoms in total. The molecule has 0 atom stereocenters. The Kier molecular flexibility index (Phi) is 4.53. The fraction of sp³-hybridized carbons (Fsp3) is 0.312. The first-order chi connectivity index (χ1) is 12.6. The molecule has 26 heavy (non-hydrogen) atoms. The highest BCUT2D eigenvalue weighted by molar-refractivity contribution is 7.89. The van der Waals surface area contributed by atoms with Gasteiger partial charge in [0.1, 0.15) is 4.90 Å². The zero-order chi connectivity index (χ0) is 18.0. The summed E-state index contributed by atoms with van der Waals surface area (Å²) in [7, 11) is -3.50. The van der Waals surface area contributed by atoms with Crippen molar-refractivity contribution in [3.63, 3.8) is 0 Å². The maximum absolute atomic E-state index is 12.6. The van der Waals surface area contributed by atoms with Crippen LogP contribution in [0.5, 0.6) is 0 Å². The van der Waals surface area contributed by atoms with Crippen LogP contribution in [0.1, 0.15) is 5.89 Å². The van der Waals surface area contributed by atoms with Crippen LogP contribution in [0.2, 0.25) is 0 Å². The summed E-state index contributed by atoms with van der Waals surface area (Å²) in [6, 6.07) is 6.70. The molecule has 1 saturated heterocycles. The molecular weight excluding hydrogens is 358 g/mol. The minimum Gasteiger partial charge on any atom is -0.461 e. The van der Waals surface area contributed by atoms with Crippen molar-refractivity contribution in [1.29, 1.82) is 0 Å². The van der Waals surface area contributed by atoms with Crippen LogP contribution in [0.3, 0.4) is 0 Å². The second kappa shape index (κ2) is 6.98. The van der Waals surface area contributed by atoms with Crippen LogP contribution in [-0.2, 0) is 16.6 Å². The van der Waals surface area contributed by atoms with Crippen molar-refractivity contribution in [3.05, 3.63) is 48.8 Å². The third-order valence-corrected chi connectivity index (χ3v) is 6.05. The number of piperazine rings is 1. The van der Waals surface area contributed by atoms with Gasteiger partial charge in [-0.15, -0.1) is 0 Å². The largest absolute Gasteiger partial charge is 0.461 e. The SMILES string of the molecule is O=S(=O)(c1cccnc1)N1CCN(Cc2nc(-c3ccco3)no2)CC1. The molecule has 0 unspecified atom stereocenters. The van der Waals surface area contributed by atoms with Crippen molar-refractivity contribution >= 4 is 10.0 Å². The molecule has 0 spiro atoms. The lowest BCUT2D eigenvalue weighted by atomic mass is 10.3. The second-order valence-corrected chi connectivity index (χ2v) is 7.80. The average molecular weight is 375 g/mol. The fourth-order valence-corrected chi connectivity index (χ4v) is 4.18. The van der Waals surface area contributed by atoms with Gasteiger partial charge < -0.3 is 8.94 Å². The summed E-state index contributed by atoms with van der Waals surface area (Å²) in [6.07, 6.45) is 4.47. The molecule has 10 heteroatoms. The van der Waals surface area contributed by atoms with Crippen molar-refractivity contribution < 1.29 is 17.4 Å². The molecule has 0 radical (unpaired) electrons. The Balaban J connectivity index is 1.37. The van der Waals surface area contributed by atoms with Gasteiger partial charge in [0.2, 0.25) is 21.7 Å². The summed E-state index contributed by atoms with van der Waals surface area (Å²) in [5.74, 6) is 1.43. The van der Waals surface area contributed by atoms with Gasteiger partial charge in [0.15, 0.2) is 5.76 Å². The molecule has 3 aromatic heterocycles. The first kappa shape index (κ1) is 16.9. The minimum atomic E-state index is -3.50. The second-order valence-electron chi connectivity index (χ2n) is 5.86. The first-order valence-electron chi connectivity index (χ1n) is 8.12. The van der Waals surface area contributed by atoms with Crippen LogP contribution in [0.15, 0.2) is 56.8 Å². The van der Waals surface area contributed by atoms with E-state index < -0.39 is 10.0 Å². The molecule has 0 aliphatic carbocycles. The molecule has 0 aromatic carbocycles. The van der Waals surface area contributed by atoms with Gasteiger partial charge in [-0.1, -0.05) is 5.16 Å². The van der Waals surface area contributed by atoms with Crippen molar-refractivity contribution in [2.24, 2.45) is 0 Å². The third kappa shape index (κ3) is 3.39. The van der Waals surface area contributed by atoms with E-state index in [4.69, 9.17) is 8.94 Å². The molecule has 1 aliphatic rings. The van der Waals surface area contributed by atoms with E-state index in [2.05, 4.69) is 20.0 Å². The van der Waals surface area contributed by atoms with Crippen molar-refractivity contribution in [2.75, 3.05) is 26.2 Å². The molecular formula is C16H17N5O4S. The molecule has 1 fully saturated rings. The maximum Gasteiger partial charge on any atom is 0.244 e. The van der Waals surface area contributed by atoms with Crippen LogP contribution in [0.25, 0.3) is 11.6 Å². The molecule has 0 amide bonds. The molecule has 0 N–H and O–H groups in total. The Bertz CT molecular complexity index is 948. The van der Waals surface area contributed by atoms with E-state index >= 15 is 0 Å². The lowest BCUT2D eigenvalue weighted by Gasteiger charge is -2.33. The number of nitrogens with zero attached hydrogens (tertiary/aromatic N) is 5. The van der Waals surface area contributed by atoms with Crippen LogP contribution >= 0.6 is 0 Å². The van der Waals surface area contributed by atoms with E-state index in [1.165, 1.54) is 10.5 Å². The molecule has 136 valence electrons. The number of hydrogen-bond donors (Lipinski definition) is 0. The van der Waals surface area contributed by atoms with Gasteiger partial charge in [-0.25, -0.2) is 8.42 Å². The summed E-state index contributed by atoms with van der Waals surface area (Å²) < 4.78 is 37.2. The quantitative estimate of drug-likeness (QED) is 0.656. The first-order valence-corrected chi connectivity index (χ1v) is 9.56. The van der Waals surface area contributed by atoms with Gasteiger partial charge >= 0.3 is 0 Å². The normalized spacial score (nSPS) is 16.8. The van der Waals surface area contributed by atoms with Gasteiger partial charge in [0, 0.05) is 38.6 Å². The fourth-order valence-electron chi connectivity index (χ4n) is 2.79. The van der Waals surface area contributed by atoms with Crippen LogP contribution in [0, 0.1) is 0 Å². The molecule has 1 aliphatic heterocycles. The van der Waals surface area contributed by atoms with E-state index in [0.29, 0.717) is 50.2 Å². The Morgan fingerprint density at radius 1 is 1.12 bits per heavy atom. The van der Waals surface area contributed by atoms with E-state index in [9.17, 15) is 8.42 Å². The number of hydrogen-bond acceptors (Lipinski definition) is 8. The number of aromatic nitrogens is 3. The van der Waals surface area contributed by atoms with Crippen LogP contribution in [0.4, 0.5) is 0 Å². The lowest BCUT2D eigenvalue weighted by Crippen LogP contribution is -2.48. The lowest BCUT2D eigenvalue weighted by molar-refractivity contribution is 0.163.